The van der Waals surface area contributed by atoms with Gasteiger partial charge in [0.05, 0.1) is 13.0 Å². The van der Waals surface area contributed by atoms with Crippen LogP contribution in [0.3, 0.4) is 0 Å². The lowest BCUT2D eigenvalue weighted by Gasteiger charge is -2.04. The minimum Gasteiger partial charge on any atom is -0.481 e. The molecule has 1 rings (SSSR count). The lowest BCUT2D eigenvalue weighted by molar-refractivity contribution is -0.143. The fraction of sp³-hybridized carbons (Fsp3) is 0.500. The van der Waals surface area contributed by atoms with Crippen molar-refractivity contribution in [1.82, 2.24) is 4.72 Å². The lowest BCUT2D eigenvalue weighted by atomic mass is 10.3. The summed E-state index contributed by atoms with van der Waals surface area (Å²) in [5.74, 6) is -1.38. The maximum atomic E-state index is 11.9. The number of carboxylic acids is 1. The van der Waals surface area contributed by atoms with E-state index in [0.717, 1.165) is 11.3 Å². The van der Waals surface area contributed by atoms with Crippen molar-refractivity contribution in [2.24, 2.45) is 0 Å². The number of esters is 1. The monoisotopic (exact) mass is 335 g/mol. The van der Waals surface area contributed by atoms with E-state index in [1.165, 1.54) is 12.1 Å². The number of carbonyl (C=O) groups excluding carboxylic acids is 1. The highest BCUT2D eigenvalue weighted by atomic mass is 32.2. The second-order valence-corrected chi connectivity index (χ2v) is 7.26. The van der Waals surface area contributed by atoms with Gasteiger partial charge in [-0.1, -0.05) is 0 Å². The molecule has 0 amide bonds. The Morgan fingerprint density at radius 1 is 1.38 bits per heavy atom. The Labute approximate surface area is 127 Å². The zero-order valence-corrected chi connectivity index (χ0v) is 13.1. The number of ether oxygens (including phenoxy) is 1. The first-order chi connectivity index (χ1) is 9.85. The number of rotatable bonds is 9. The minimum absolute atomic E-state index is 0.0647. The van der Waals surface area contributed by atoms with Crippen LogP contribution in [0.5, 0.6) is 0 Å². The van der Waals surface area contributed by atoms with E-state index in [4.69, 9.17) is 9.84 Å². The number of carboxylic acid groups (broad SMARTS) is 1. The van der Waals surface area contributed by atoms with E-state index in [0.29, 0.717) is 17.9 Å². The Morgan fingerprint density at radius 3 is 2.71 bits per heavy atom. The summed E-state index contributed by atoms with van der Waals surface area (Å²) >= 11 is 0.918. The van der Waals surface area contributed by atoms with Gasteiger partial charge in [-0.15, -0.1) is 11.3 Å². The molecule has 21 heavy (non-hydrogen) atoms. The van der Waals surface area contributed by atoms with Gasteiger partial charge in [0.2, 0.25) is 10.0 Å². The second kappa shape index (κ2) is 8.11. The van der Waals surface area contributed by atoms with E-state index >= 15 is 0 Å². The summed E-state index contributed by atoms with van der Waals surface area (Å²) in [7, 11) is -3.66. The molecular formula is C12H17NO6S2. The number of hydrogen-bond donors (Lipinski definition) is 2. The van der Waals surface area contributed by atoms with Crippen LogP contribution in [-0.4, -0.2) is 38.6 Å². The van der Waals surface area contributed by atoms with Crippen LogP contribution in [0.2, 0.25) is 0 Å². The number of carbonyl (C=O) groups is 2. The highest BCUT2D eigenvalue weighted by Gasteiger charge is 2.17. The second-order valence-electron chi connectivity index (χ2n) is 4.10. The maximum absolute atomic E-state index is 11.9. The molecule has 2 N–H and O–H groups in total. The molecule has 0 fully saturated rings. The molecule has 0 saturated carbocycles. The van der Waals surface area contributed by atoms with Gasteiger partial charge in [0.25, 0.3) is 0 Å². The third-order valence-electron chi connectivity index (χ3n) is 2.38. The molecule has 0 aliphatic heterocycles. The van der Waals surface area contributed by atoms with Crippen molar-refractivity contribution in [3.8, 4) is 0 Å². The Kier molecular flexibility index (Phi) is 6.79. The van der Waals surface area contributed by atoms with E-state index < -0.39 is 16.0 Å². The van der Waals surface area contributed by atoms with Gasteiger partial charge in [0.1, 0.15) is 4.21 Å². The SMILES string of the molecule is CCOC(=O)CCCNS(=O)(=O)c1ccc(CC(=O)O)s1. The van der Waals surface area contributed by atoms with E-state index in [1.54, 1.807) is 6.92 Å². The number of nitrogens with one attached hydrogen (secondary N) is 1. The highest BCUT2D eigenvalue weighted by Crippen LogP contribution is 2.21. The minimum atomic E-state index is -3.66. The van der Waals surface area contributed by atoms with Crippen molar-refractivity contribution in [3.63, 3.8) is 0 Å². The van der Waals surface area contributed by atoms with Crippen molar-refractivity contribution < 1.29 is 27.9 Å². The largest absolute Gasteiger partial charge is 0.481 e. The molecule has 0 aromatic carbocycles. The molecule has 7 nitrogen and oxygen atoms in total. The molecule has 9 heteroatoms. The van der Waals surface area contributed by atoms with Crippen LogP contribution in [0.1, 0.15) is 24.6 Å². The summed E-state index contributed by atoms with van der Waals surface area (Å²) in [4.78, 5) is 22.1. The van der Waals surface area contributed by atoms with Crippen LogP contribution < -0.4 is 4.72 Å². The van der Waals surface area contributed by atoms with Gasteiger partial charge in [-0.2, -0.15) is 0 Å². The summed E-state index contributed by atoms with van der Waals surface area (Å²) in [6.45, 7) is 2.12. The molecule has 118 valence electrons. The quantitative estimate of drug-likeness (QED) is 0.514. The molecule has 0 bridgehead atoms. The molecule has 1 aromatic heterocycles. The number of aliphatic carboxylic acids is 1. The van der Waals surface area contributed by atoms with Gasteiger partial charge in [-0.3, -0.25) is 9.59 Å². The Bertz CT molecular complexity index is 593. The molecule has 0 aliphatic carbocycles. The van der Waals surface area contributed by atoms with Gasteiger partial charge < -0.3 is 9.84 Å². The fourth-order valence-corrected chi connectivity index (χ4v) is 3.96. The van der Waals surface area contributed by atoms with Gasteiger partial charge >= 0.3 is 11.9 Å². The third-order valence-corrected chi connectivity index (χ3v) is 5.42. The molecule has 1 heterocycles. The van der Waals surface area contributed by atoms with Gasteiger partial charge in [0, 0.05) is 17.8 Å². The molecule has 0 unspecified atom stereocenters. The first kappa shape index (κ1) is 17.6. The summed E-state index contributed by atoms with van der Waals surface area (Å²) in [5.41, 5.74) is 0. The Hall–Kier alpha value is -1.45. The van der Waals surface area contributed by atoms with Gasteiger partial charge in [-0.05, 0) is 25.5 Å². The van der Waals surface area contributed by atoms with Gasteiger partial charge in [0.15, 0.2) is 0 Å². The first-order valence-electron chi connectivity index (χ1n) is 6.31. The van der Waals surface area contributed by atoms with Crippen LogP contribution in [0, 0.1) is 0 Å². The molecule has 1 aromatic rings. The zero-order valence-electron chi connectivity index (χ0n) is 11.5. The number of hydrogen-bond acceptors (Lipinski definition) is 6. The first-order valence-corrected chi connectivity index (χ1v) is 8.61. The van der Waals surface area contributed by atoms with Crippen LogP contribution in [0.25, 0.3) is 0 Å². The third kappa shape index (κ3) is 6.23. The average Bonchev–Trinajstić information content (AvgIpc) is 2.83. The smallest absolute Gasteiger partial charge is 0.308 e. The Balaban J connectivity index is 2.48. The maximum Gasteiger partial charge on any atom is 0.308 e. The molecule has 0 saturated heterocycles. The highest BCUT2D eigenvalue weighted by molar-refractivity contribution is 7.91. The van der Waals surface area contributed by atoms with Crippen LogP contribution in [0.4, 0.5) is 0 Å². The fourth-order valence-electron chi connectivity index (χ4n) is 1.49. The van der Waals surface area contributed by atoms with Crippen molar-refractivity contribution >= 4 is 33.3 Å². The molecule has 0 radical (unpaired) electrons. The summed E-state index contributed by atoms with van der Waals surface area (Å²) in [6, 6.07) is 2.85. The van der Waals surface area contributed by atoms with E-state index in [9.17, 15) is 18.0 Å². The Morgan fingerprint density at radius 2 is 2.10 bits per heavy atom. The number of thiophene rings is 1. The van der Waals surface area contributed by atoms with Crippen LogP contribution in [0.15, 0.2) is 16.3 Å². The van der Waals surface area contributed by atoms with Crippen molar-refractivity contribution in [3.05, 3.63) is 17.0 Å². The topological polar surface area (TPSA) is 110 Å². The van der Waals surface area contributed by atoms with Crippen molar-refractivity contribution in [1.29, 1.82) is 0 Å². The average molecular weight is 335 g/mol. The number of sulfonamides is 1. The predicted octanol–water partition coefficient (Wildman–Crippen LogP) is 0.997. The molecule has 0 aliphatic rings. The normalized spacial score (nSPS) is 11.3. The van der Waals surface area contributed by atoms with E-state index in [1.807, 2.05) is 0 Å². The van der Waals surface area contributed by atoms with E-state index in [2.05, 4.69) is 4.72 Å². The van der Waals surface area contributed by atoms with Gasteiger partial charge in [-0.25, -0.2) is 13.1 Å². The summed E-state index contributed by atoms with van der Waals surface area (Å²) in [5, 5.41) is 8.65. The standard InChI is InChI=1S/C12H17NO6S2/c1-2-19-11(16)4-3-7-13-21(17,18)12-6-5-9(20-12)8-10(14)15/h5-6,13H,2-4,7-8H2,1H3,(H,14,15). The molecular weight excluding hydrogens is 318 g/mol. The summed E-state index contributed by atoms with van der Waals surface area (Å²) in [6.07, 6.45) is 0.277. The predicted molar refractivity (Wildman–Crippen MR) is 76.7 cm³/mol. The van der Waals surface area contributed by atoms with Crippen LogP contribution in [-0.2, 0) is 30.8 Å². The van der Waals surface area contributed by atoms with Crippen LogP contribution >= 0.6 is 11.3 Å². The van der Waals surface area contributed by atoms with Crippen molar-refractivity contribution in [2.45, 2.75) is 30.4 Å². The molecule has 0 spiro atoms. The lowest BCUT2D eigenvalue weighted by Crippen LogP contribution is -2.24. The van der Waals surface area contributed by atoms with E-state index in [-0.39, 0.29) is 29.6 Å². The summed E-state index contributed by atoms with van der Waals surface area (Å²) < 4.78 is 31.0. The van der Waals surface area contributed by atoms with Crippen molar-refractivity contribution in [2.75, 3.05) is 13.2 Å². The molecule has 0 atom stereocenters. The zero-order chi connectivity index (χ0) is 15.9.